The van der Waals surface area contributed by atoms with Crippen LogP contribution in [0.2, 0.25) is 0 Å². The molecule has 3 heteroatoms. The van der Waals surface area contributed by atoms with Gasteiger partial charge in [-0.3, -0.25) is 0 Å². The van der Waals surface area contributed by atoms with Crippen molar-refractivity contribution in [2.45, 2.75) is 25.8 Å². The van der Waals surface area contributed by atoms with E-state index in [1.54, 1.807) is 6.08 Å². The highest BCUT2D eigenvalue weighted by atomic mass is 32.1. The molecule has 0 radical (unpaired) electrons. The van der Waals surface area contributed by atoms with Crippen LogP contribution in [0.15, 0.2) is 11.8 Å². The van der Waals surface area contributed by atoms with E-state index in [0.717, 1.165) is 0 Å². The standard InChI is InChI=1S/C7H11NOS/c1-7(2)4-5(9)3-6(10)8-7/h4,9H,3H2,1-2H3,(H,8,10). The number of nitrogens with one attached hydrogen (secondary N) is 1. The Morgan fingerprint density at radius 1 is 1.70 bits per heavy atom. The minimum absolute atomic E-state index is 0.181. The molecule has 0 saturated carbocycles. The molecular weight excluding hydrogens is 146 g/mol. The molecule has 0 aliphatic carbocycles. The highest BCUT2D eigenvalue weighted by molar-refractivity contribution is 7.80. The Labute approximate surface area is 65.9 Å². The van der Waals surface area contributed by atoms with E-state index in [9.17, 15) is 0 Å². The van der Waals surface area contributed by atoms with Gasteiger partial charge in [-0.05, 0) is 19.9 Å². The van der Waals surface area contributed by atoms with E-state index in [1.807, 2.05) is 13.8 Å². The maximum Gasteiger partial charge on any atom is 0.0973 e. The van der Waals surface area contributed by atoms with E-state index in [1.165, 1.54) is 0 Å². The molecule has 0 unspecified atom stereocenters. The summed E-state index contributed by atoms with van der Waals surface area (Å²) in [6.45, 7) is 3.93. The number of rotatable bonds is 0. The Morgan fingerprint density at radius 3 is 2.70 bits per heavy atom. The summed E-state index contributed by atoms with van der Waals surface area (Å²) in [6, 6.07) is 0. The van der Waals surface area contributed by atoms with E-state index in [0.29, 0.717) is 17.2 Å². The molecule has 1 rings (SSSR count). The van der Waals surface area contributed by atoms with E-state index in [4.69, 9.17) is 17.3 Å². The fourth-order valence-electron chi connectivity index (χ4n) is 1.07. The lowest BCUT2D eigenvalue weighted by atomic mass is 10.00. The summed E-state index contributed by atoms with van der Waals surface area (Å²) in [5, 5.41) is 12.2. The van der Waals surface area contributed by atoms with Crippen LogP contribution < -0.4 is 5.32 Å². The normalized spacial score (nSPS) is 23.4. The number of hydrogen-bond donors (Lipinski definition) is 2. The van der Waals surface area contributed by atoms with Gasteiger partial charge in [-0.2, -0.15) is 0 Å². The van der Waals surface area contributed by atoms with Crippen molar-refractivity contribution in [2.75, 3.05) is 0 Å². The van der Waals surface area contributed by atoms with Gasteiger partial charge in [0, 0.05) is 0 Å². The van der Waals surface area contributed by atoms with Crippen molar-refractivity contribution < 1.29 is 5.11 Å². The third-order valence-electron chi connectivity index (χ3n) is 1.33. The zero-order valence-electron chi connectivity index (χ0n) is 6.14. The van der Waals surface area contributed by atoms with Crippen molar-refractivity contribution in [3.8, 4) is 0 Å². The zero-order chi connectivity index (χ0) is 7.78. The number of hydrogen-bond acceptors (Lipinski definition) is 2. The van der Waals surface area contributed by atoms with Gasteiger partial charge in [0.2, 0.25) is 0 Å². The molecule has 56 valence electrons. The molecule has 0 atom stereocenters. The Morgan fingerprint density at radius 2 is 2.30 bits per heavy atom. The minimum atomic E-state index is -0.181. The number of thiocarbonyl (C=S) groups is 1. The predicted molar refractivity (Wildman–Crippen MR) is 45.1 cm³/mol. The monoisotopic (exact) mass is 157 g/mol. The van der Waals surface area contributed by atoms with Gasteiger partial charge < -0.3 is 10.4 Å². The van der Waals surface area contributed by atoms with E-state index in [-0.39, 0.29) is 5.54 Å². The number of aliphatic hydroxyl groups is 1. The summed E-state index contributed by atoms with van der Waals surface area (Å²) in [6.07, 6.45) is 2.27. The minimum Gasteiger partial charge on any atom is -0.512 e. The van der Waals surface area contributed by atoms with Gasteiger partial charge in [0.05, 0.1) is 22.7 Å². The molecule has 1 aliphatic heterocycles. The van der Waals surface area contributed by atoms with Gasteiger partial charge in [0.15, 0.2) is 0 Å². The van der Waals surface area contributed by atoms with Crippen LogP contribution in [-0.2, 0) is 0 Å². The molecule has 0 amide bonds. The van der Waals surface area contributed by atoms with Gasteiger partial charge in [0.25, 0.3) is 0 Å². The molecule has 2 nitrogen and oxygen atoms in total. The molecule has 1 heterocycles. The largest absolute Gasteiger partial charge is 0.512 e. The Bertz CT molecular complexity index is 196. The smallest absolute Gasteiger partial charge is 0.0973 e. The first-order valence-electron chi connectivity index (χ1n) is 3.21. The van der Waals surface area contributed by atoms with Crippen molar-refractivity contribution >= 4 is 17.2 Å². The molecule has 0 bridgehead atoms. The topological polar surface area (TPSA) is 32.3 Å². The average molecular weight is 157 g/mol. The second-order valence-corrected chi connectivity index (χ2v) is 3.58. The van der Waals surface area contributed by atoms with Crippen molar-refractivity contribution in [1.29, 1.82) is 0 Å². The second-order valence-electron chi connectivity index (χ2n) is 3.08. The van der Waals surface area contributed by atoms with E-state index in [2.05, 4.69) is 5.32 Å². The molecule has 0 fully saturated rings. The SMILES string of the molecule is CC1(C)C=C(O)CC(=S)N1. The fraction of sp³-hybridized carbons (Fsp3) is 0.571. The van der Waals surface area contributed by atoms with Crippen LogP contribution in [0.4, 0.5) is 0 Å². The maximum atomic E-state index is 9.15. The third kappa shape index (κ3) is 1.70. The first-order chi connectivity index (χ1) is 4.49. The first-order valence-corrected chi connectivity index (χ1v) is 3.62. The highest BCUT2D eigenvalue weighted by Gasteiger charge is 2.21. The Hall–Kier alpha value is -0.570. The van der Waals surface area contributed by atoms with Crippen LogP contribution in [0.1, 0.15) is 20.3 Å². The van der Waals surface area contributed by atoms with Crippen LogP contribution in [0, 0.1) is 0 Å². The summed E-state index contributed by atoms with van der Waals surface area (Å²) in [4.78, 5) is 0.713. The average Bonchev–Trinajstić information content (AvgIpc) is 1.54. The van der Waals surface area contributed by atoms with Gasteiger partial charge >= 0.3 is 0 Å². The molecule has 0 aromatic carbocycles. The van der Waals surface area contributed by atoms with Crippen molar-refractivity contribution in [2.24, 2.45) is 0 Å². The van der Waals surface area contributed by atoms with Crippen molar-refractivity contribution in [3.63, 3.8) is 0 Å². The lowest BCUT2D eigenvalue weighted by molar-refractivity contribution is 0.379. The van der Waals surface area contributed by atoms with Gasteiger partial charge in [-0.25, -0.2) is 0 Å². The van der Waals surface area contributed by atoms with Crippen LogP contribution >= 0.6 is 12.2 Å². The van der Waals surface area contributed by atoms with Crippen LogP contribution in [0.25, 0.3) is 0 Å². The molecule has 0 saturated heterocycles. The molecule has 0 aromatic heterocycles. The maximum absolute atomic E-state index is 9.15. The van der Waals surface area contributed by atoms with E-state index < -0.39 is 0 Å². The highest BCUT2D eigenvalue weighted by Crippen LogP contribution is 2.15. The van der Waals surface area contributed by atoms with E-state index >= 15 is 0 Å². The first kappa shape index (κ1) is 7.54. The number of aliphatic hydroxyl groups excluding tert-OH is 1. The van der Waals surface area contributed by atoms with Gasteiger partial charge in [-0.15, -0.1) is 0 Å². The Kier molecular flexibility index (Phi) is 1.68. The molecular formula is C7H11NOS. The lowest BCUT2D eigenvalue weighted by Gasteiger charge is -2.28. The third-order valence-corrected chi connectivity index (χ3v) is 1.58. The summed E-state index contributed by atoms with van der Waals surface area (Å²) in [5.41, 5.74) is -0.181. The molecule has 2 N–H and O–H groups in total. The van der Waals surface area contributed by atoms with Crippen LogP contribution in [0.3, 0.4) is 0 Å². The summed E-state index contributed by atoms with van der Waals surface area (Å²) in [7, 11) is 0. The summed E-state index contributed by atoms with van der Waals surface area (Å²) in [5.74, 6) is 0.369. The predicted octanol–water partition coefficient (Wildman–Crippen LogP) is 1.53. The van der Waals surface area contributed by atoms with Gasteiger partial charge in [0.1, 0.15) is 0 Å². The zero-order valence-corrected chi connectivity index (χ0v) is 6.96. The second kappa shape index (κ2) is 2.23. The van der Waals surface area contributed by atoms with Crippen molar-refractivity contribution in [3.05, 3.63) is 11.8 Å². The van der Waals surface area contributed by atoms with Crippen LogP contribution in [-0.4, -0.2) is 15.6 Å². The fourth-order valence-corrected chi connectivity index (χ4v) is 1.48. The van der Waals surface area contributed by atoms with Gasteiger partial charge in [-0.1, -0.05) is 12.2 Å². The quantitative estimate of drug-likeness (QED) is 0.523. The lowest BCUT2D eigenvalue weighted by Crippen LogP contribution is -2.44. The summed E-state index contributed by atoms with van der Waals surface area (Å²) >= 11 is 4.92. The Balaban J connectivity index is 2.83. The molecule has 1 aliphatic rings. The molecule has 0 aromatic rings. The summed E-state index contributed by atoms with van der Waals surface area (Å²) < 4.78 is 0. The molecule has 0 spiro atoms. The molecule has 10 heavy (non-hydrogen) atoms. The van der Waals surface area contributed by atoms with Crippen LogP contribution in [0.5, 0.6) is 0 Å². The van der Waals surface area contributed by atoms with Crippen molar-refractivity contribution in [1.82, 2.24) is 5.32 Å².